The number of fused-ring (bicyclic) bond motifs is 1. The third-order valence-corrected chi connectivity index (χ3v) is 9.21. The van der Waals surface area contributed by atoms with Gasteiger partial charge < -0.3 is 5.73 Å². The van der Waals surface area contributed by atoms with Gasteiger partial charge in [0.1, 0.15) is 5.82 Å². The minimum atomic E-state index is -0.611. The predicted octanol–water partition coefficient (Wildman–Crippen LogP) is 4.40. The van der Waals surface area contributed by atoms with Crippen LogP contribution in [0.15, 0.2) is 70.4 Å². The van der Waals surface area contributed by atoms with Gasteiger partial charge in [-0.05, 0) is 80.3 Å². The third-order valence-electron chi connectivity index (χ3n) is 9.21. The summed E-state index contributed by atoms with van der Waals surface area (Å²) >= 11 is 0. The van der Waals surface area contributed by atoms with E-state index in [0.29, 0.717) is 11.7 Å². The summed E-state index contributed by atoms with van der Waals surface area (Å²) in [6.45, 7) is 10.0. The molecule has 2 N–H and O–H groups in total. The molecule has 2 fully saturated rings. The summed E-state index contributed by atoms with van der Waals surface area (Å²) in [5.74, 6) is -0.442. The number of benzene rings is 2. The van der Waals surface area contributed by atoms with Crippen LogP contribution >= 0.6 is 0 Å². The summed E-state index contributed by atoms with van der Waals surface area (Å²) < 4.78 is 17.0. The van der Waals surface area contributed by atoms with Crippen LogP contribution in [0.25, 0.3) is 27.8 Å². The van der Waals surface area contributed by atoms with Crippen LogP contribution in [0, 0.1) is 11.7 Å². The Bertz CT molecular complexity index is 1700. The van der Waals surface area contributed by atoms with Crippen LogP contribution in [-0.2, 0) is 13.1 Å². The van der Waals surface area contributed by atoms with Gasteiger partial charge in [0.25, 0.3) is 5.56 Å². The van der Waals surface area contributed by atoms with E-state index < -0.39 is 17.1 Å². The highest BCUT2D eigenvalue weighted by Crippen LogP contribution is 2.26. The molecule has 0 radical (unpaired) electrons. The van der Waals surface area contributed by atoms with Crippen LogP contribution < -0.4 is 17.0 Å². The van der Waals surface area contributed by atoms with Crippen molar-refractivity contribution in [2.24, 2.45) is 11.7 Å². The third kappa shape index (κ3) is 6.34. The summed E-state index contributed by atoms with van der Waals surface area (Å²) in [5.41, 5.74) is 9.08. The summed E-state index contributed by atoms with van der Waals surface area (Å²) in [6.07, 6.45) is 4.49. The number of hydrogen-bond donors (Lipinski definition) is 1. The number of nitrogens with two attached hydrogens (primary N) is 1. The average Bonchev–Trinajstić information content (AvgIpc) is 3.01. The number of halogens is 1. The number of pyridine rings is 1. The first-order valence-electron chi connectivity index (χ1n) is 15.5. The lowest BCUT2D eigenvalue weighted by Gasteiger charge is -2.36. The molecular formula is C34H41FN6O2. The van der Waals surface area contributed by atoms with Gasteiger partial charge in [-0.3, -0.25) is 19.2 Å². The molecule has 8 nitrogen and oxygen atoms in total. The van der Waals surface area contributed by atoms with Gasteiger partial charge in [0, 0.05) is 51.4 Å². The fourth-order valence-corrected chi connectivity index (χ4v) is 6.56. The van der Waals surface area contributed by atoms with Crippen molar-refractivity contribution in [3.05, 3.63) is 93.0 Å². The van der Waals surface area contributed by atoms with Crippen molar-refractivity contribution >= 4 is 11.0 Å². The number of aromatic nitrogens is 3. The Balaban J connectivity index is 1.30. The molecule has 6 rings (SSSR count). The normalized spacial score (nSPS) is 20.2. The Hall–Kier alpha value is -3.66. The molecule has 43 heavy (non-hydrogen) atoms. The molecule has 2 aliphatic rings. The molecule has 0 unspecified atom stereocenters. The Labute approximate surface area is 251 Å². The van der Waals surface area contributed by atoms with Crippen LogP contribution in [0.5, 0.6) is 0 Å². The minimum absolute atomic E-state index is 0.0936. The molecular weight excluding hydrogens is 543 g/mol. The lowest BCUT2D eigenvalue weighted by atomic mass is 9.86. The first-order valence-corrected chi connectivity index (χ1v) is 15.5. The van der Waals surface area contributed by atoms with Gasteiger partial charge in [0.15, 0.2) is 5.65 Å². The smallest absolute Gasteiger partial charge is 0.328 e. The number of hydrogen-bond acceptors (Lipinski definition) is 6. The minimum Gasteiger partial charge on any atom is -0.328 e. The second-order valence-corrected chi connectivity index (χ2v) is 12.5. The molecule has 0 spiro atoms. The van der Waals surface area contributed by atoms with Crippen molar-refractivity contribution in [3.63, 3.8) is 0 Å². The fourth-order valence-electron chi connectivity index (χ4n) is 6.56. The van der Waals surface area contributed by atoms with E-state index >= 15 is 0 Å². The number of piperazine rings is 1. The predicted molar refractivity (Wildman–Crippen MR) is 169 cm³/mol. The van der Waals surface area contributed by atoms with Gasteiger partial charge >= 0.3 is 5.69 Å². The molecule has 2 aromatic carbocycles. The summed E-state index contributed by atoms with van der Waals surface area (Å²) in [4.78, 5) is 36.6. The van der Waals surface area contributed by atoms with Crippen molar-refractivity contribution in [1.29, 1.82) is 0 Å². The molecule has 9 heteroatoms. The van der Waals surface area contributed by atoms with Crippen LogP contribution in [0.2, 0.25) is 0 Å². The zero-order chi connectivity index (χ0) is 30.1. The fraction of sp³-hybridized carbons (Fsp3) is 0.441. The maximum absolute atomic E-state index is 14.3. The Kier molecular flexibility index (Phi) is 8.56. The molecule has 1 saturated heterocycles. The van der Waals surface area contributed by atoms with E-state index in [0.717, 1.165) is 75.7 Å². The molecule has 1 saturated carbocycles. The number of rotatable bonds is 7. The van der Waals surface area contributed by atoms with Crippen molar-refractivity contribution in [3.8, 4) is 16.8 Å². The van der Waals surface area contributed by atoms with Gasteiger partial charge in [-0.25, -0.2) is 18.7 Å². The Morgan fingerprint density at radius 2 is 1.65 bits per heavy atom. The molecule has 226 valence electrons. The van der Waals surface area contributed by atoms with E-state index in [9.17, 15) is 14.0 Å². The van der Waals surface area contributed by atoms with Gasteiger partial charge in [0.2, 0.25) is 0 Å². The molecule has 1 aliphatic carbocycles. The average molecular weight is 585 g/mol. The lowest BCUT2D eigenvalue weighted by Crippen LogP contribution is -2.48. The summed E-state index contributed by atoms with van der Waals surface area (Å²) in [6, 6.07) is 18.1. The van der Waals surface area contributed by atoms with Crippen molar-refractivity contribution < 1.29 is 4.39 Å². The second kappa shape index (κ2) is 12.5. The quantitative estimate of drug-likeness (QED) is 0.347. The first kappa shape index (κ1) is 29.4. The SMILES string of the molecule is CC(C)N1CCN(Cc2ccc(-c3cccc(-n4c(=O)n(C[C@H]5CC[C@@H](N)CC5)c(=O)c5cc(F)cnc54)c3)cc2)CC1. The highest BCUT2D eigenvalue weighted by Gasteiger charge is 2.23. The van der Waals surface area contributed by atoms with Crippen LogP contribution in [0.1, 0.15) is 45.1 Å². The summed E-state index contributed by atoms with van der Waals surface area (Å²) in [7, 11) is 0. The molecule has 0 amide bonds. The lowest BCUT2D eigenvalue weighted by molar-refractivity contribution is 0.104. The van der Waals surface area contributed by atoms with E-state index in [1.165, 1.54) is 20.8 Å². The second-order valence-electron chi connectivity index (χ2n) is 12.5. The zero-order valence-corrected chi connectivity index (χ0v) is 25.1. The Morgan fingerprint density at radius 3 is 2.35 bits per heavy atom. The van der Waals surface area contributed by atoms with Crippen molar-refractivity contribution in [2.75, 3.05) is 26.2 Å². The largest absolute Gasteiger partial charge is 0.337 e. The van der Waals surface area contributed by atoms with E-state index in [1.807, 2.05) is 24.3 Å². The van der Waals surface area contributed by atoms with Gasteiger partial charge in [-0.15, -0.1) is 0 Å². The van der Waals surface area contributed by atoms with Gasteiger partial charge in [-0.2, -0.15) is 0 Å². The Morgan fingerprint density at radius 1 is 0.930 bits per heavy atom. The number of nitrogens with zero attached hydrogens (tertiary/aromatic N) is 5. The van der Waals surface area contributed by atoms with E-state index in [2.05, 4.69) is 52.9 Å². The van der Waals surface area contributed by atoms with Crippen molar-refractivity contribution in [2.45, 2.75) is 64.7 Å². The molecule has 3 heterocycles. The van der Waals surface area contributed by atoms with Gasteiger partial charge in [0.05, 0.1) is 17.3 Å². The monoisotopic (exact) mass is 584 g/mol. The maximum atomic E-state index is 14.3. The molecule has 4 aromatic rings. The molecule has 0 atom stereocenters. The van der Waals surface area contributed by atoms with Crippen molar-refractivity contribution in [1.82, 2.24) is 23.9 Å². The zero-order valence-electron chi connectivity index (χ0n) is 25.1. The van der Waals surface area contributed by atoms with Gasteiger partial charge in [-0.1, -0.05) is 36.4 Å². The topological polar surface area (TPSA) is 89.4 Å². The van der Waals surface area contributed by atoms with E-state index in [4.69, 9.17) is 5.73 Å². The molecule has 0 bridgehead atoms. The van der Waals surface area contributed by atoms with E-state index in [1.54, 1.807) is 0 Å². The highest BCUT2D eigenvalue weighted by molar-refractivity contribution is 5.76. The highest BCUT2D eigenvalue weighted by atomic mass is 19.1. The summed E-state index contributed by atoms with van der Waals surface area (Å²) in [5, 5.41) is 0.0936. The standard InChI is InChI=1S/C34H41FN6O2/c1-23(2)39-16-14-38(15-17-39)21-24-6-10-26(11-7-24)27-4-3-5-30(18-27)41-32-31(19-28(35)20-37-32)33(42)40(34(41)43)22-25-8-12-29(36)13-9-25/h3-7,10-11,18-20,23,25,29H,8-9,12-17,21-22,36H2,1-2H3/t25-,29+. The first-order chi connectivity index (χ1) is 20.8. The molecule has 1 aliphatic heterocycles. The van der Waals surface area contributed by atoms with Crippen LogP contribution in [0.4, 0.5) is 4.39 Å². The maximum Gasteiger partial charge on any atom is 0.337 e. The van der Waals surface area contributed by atoms with Crippen LogP contribution in [-0.4, -0.2) is 62.2 Å². The molecule has 2 aromatic heterocycles. The van der Waals surface area contributed by atoms with E-state index in [-0.39, 0.29) is 29.5 Å². The van der Waals surface area contributed by atoms with Crippen LogP contribution in [0.3, 0.4) is 0 Å².